The van der Waals surface area contributed by atoms with Crippen molar-refractivity contribution in [1.82, 2.24) is 0 Å². The van der Waals surface area contributed by atoms with Gasteiger partial charge in [-0.2, -0.15) is 0 Å². The molecule has 0 spiro atoms. The molecular formula is C17H23Br3O2. The van der Waals surface area contributed by atoms with Gasteiger partial charge < -0.3 is 9.47 Å². The highest BCUT2D eigenvalue weighted by Crippen LogP contribution is 2.31. The Balaban J connectivity index is 2.85. The Morgan fingerprint density at radius 1 is 1.05 bits per heavy atom. The van der Waals surface area contributed by atoms with Gasteiger partial charge in [-0.25, -0.2) is 0 Å². The van der Waals surface area contributed by atoms with Crippen LogP contribution in [0.15, 0.2) is 21.6 Å². The highest BCUT2D eigenvalue weighted by atomic mass is 79.9. The largest absolute Gasteiger partial charge is 0.493 e. The summed E-state index contributed by atoms with van der Waals surface area (Å²) in [5.41, 5.74) is 2.44. The van der Waals surface area contributed by atoms with Crippen LogP contribution in [0.1, 0.15) is 37.8 Å². The lowest BCUT2D eigenvalue weighted by Crippen LogP contribution is -2.05. The number of alkyl halides is 1. The van der Waals surface area contributed by atoms with Crippen LogP contribution in [0.4, 0.5) is 0 Å². The predicted molar refractivity (Wildman–Crippen MR) is 105 cm³/mol. The molecule has 124 valence electrons. The number of halogens is 3. The van der Waals surface area contributed by atoms with Crippen molar-refractivity contribution in [3.63, 3.8) is 0 Å². The number of hydrogen-bond donors (Lipinski definition) is 0. The molecule has 2 nitrogen and oxygen atoms in total. The normalized spacial score (nSPS) is 10.4. The van der Waals surface area contributed by atoms with E-state index in [9.17, 15) is 0 Å². The maximum atomic E-state index is 6.05. The molecule has 0 radical (unpaired) electrons. The van der Waals surface area contributed by atoms with Gasteiger partial charge >= 0.3 is 0 Å². The summed E-state index contributed by atoms with van der Waals surface area (Å²) in [4.78, 5) is 0. The molecule has 0 saturated heterocycles. The van der Waals surface area contributed by atoms with Gasteiger partial charge in [0.1, 0.15) is 18.1 Å². The van der Waals surface area contributed by atoms with E-state index in [4.69, 9.17) is 9.47 Å². The molecule has 0 heterocycles. The average Bonchev–Trinajstić information content (AvgIpc) is 2.51. The number of hydrogen-bond acceptors (Lipinski definition) is 2. The first-order chi connectivity index (χ1) is 10.6. The minimum Gasteiger partial charge on any atom is -0.493 e. The molecule has 0 aromatic heterocycles. The van der Waals surface area contributed by atoms with Crippen molar-refractivity contribution in [2.75, 3.05) is 18.5 Å². The van der Waals surface area contributed by atoms with Crippen molar-refractivity contribution < 1.29 is 9.47 Å². The molecule has 1 aromatic rings. The zero-order chi connectivity index (χ0) is 16.4. The molecule has 0 bridgehead atoms. The Bertz CT molecular complexity index is 458. The zero-order valence-electron chi connectivity index (χ0n) is 13.1. The van der Waals surface area contributed by atoms with Gasteiger partial charge in [0.05, 0.1) is 10.00 Å². The van der Waals surface area contributed by atoms with E-state index in [2.05, 4.69) is 73.8 Å². The molecule has 1 aromatic carbocycles. The van der Waals surface area contributed by atoms with Crippen molar-refractivity contribution in [2.45, 2.75) is 39.5 Å². The molecule has 0 atom stereocenters. The van der Waals surface area contributed by atoms with Crippen LogP contribution in [0.3, 0.4) is 0 Å². The Kier molecular flexibility index (Phi) is 10.5. The second-order valence-electron chi connectivity index (χ2n) is 4.83. The van der Waals surface area contributed by atoms with Crippen LogP contribution in [0.2, 0.25) is 0 Å². The smallest absolute Gasteiger partial charge is 0.125 e. The summed E-state index contributed by atoms with van der Waals surface area (Å²) >= 11 is 10.1. The fourth-order valence-corrected chi connectivity index (χ4v) is 2.75. The van der Waals surface area contributed by atoms with Crippen LogP contribution in [0.25, 0.3) is 0 Å². The highest BCUT2D eigenvalue weighted by molar-refractivity contribution is 9.28. The molecule has 5 heteroatoms. The summed E-state index contributed by atoms with van der Waals surface area (Å²) in [6.45, 7) is 5.60. The topological polar surface area (TPSA) is 18.5 Å². The minimum absolute atomic E-state index is 0.531. The summed E-state index contributed by atoms with van der Waals surface area (Å²) in [7, 11) is 0. The molecule has 0 aliphatic carbocycles. The van der Waals surface area contributed by atoms with Gasteiger partial charge in [-0.3, -0.25) is 0 Å². The summed E-state index contributed by atoms with van der Waals surface area (Å²) in [6, 6.07) is 4.18. The third-order valence-corrected chi connectivity index (χ3v) is 4.45. The maximum absolute atomic E-state index is 6.05. The first-order valence-electron chi connectivity index (χ1n) is 7.60. The lowest BCUT2D eigenvalue weighted by molar-refractivity contribution is 0.302. The van der Waals surface area contributed by atoms with Crippen LogP contribution < -0.4 is 9.47 Å². The summed E-state index contributed by atoms with van der Waals surface area (Å²) in [5.74, 6) is 1.95. The predicted octanol–water partition coefficient (Wildman–Crippen LogP) is 6.38. The summed E-state index contributed by atoms with van der Waals surface area (Å²) in [5, 5.41) is 1.03. The Morgan fingerprint density at radius 3 is 2.18 bits per heavy atom. The third kappa shape index (κ3) is 7.05. The van der Waals surface area contributed by atoms with Crippen molar-refractivity contribution in [2.24, 2.45) is 0 Å². The molecule has 0 aliphatic rings. The monoisotopic (exact) mass is 496 g/mol. The van der Waals surface area contributed by atoms with E-state index in [1.807, 2.05) is 6.08 Å². The molecule has 0 amide bonds. The van der Waals surface area contributed by atoms with Gasteiger partial charge in [-0.05, 0) is 86.9 Å². The van der Waals surface area contributed by atoms with E-state index < -0.39 is 0 Å². The first kappa shape index (κ1) is 20.0. The Hall–Kier alpha value is -0.000000000000000167. The van der Waals surface area contributed by atoms with Crippen LogP contribution >= 0.6 is 47.8 Å². The van der Waals surface area contributed by atoms with E-state index in [0.717, 1.165) is 52.5 Å². The number of unbranched alkanes of at least 4 members (excludes halogenated alkanes) is 1. The quantitative estimate of drug-likeness (QED) is 0.275. The Morgan fingerprint density at radius 2 is 1.68 bits per heavy atom. The Labute approximate surface area is 159 Å². The number of benzene rings is 1. The highest BCUT2D eigenvalue weighted by Gasteiger charge is 2.11. The van der Waals surface area contributed by atoms with E-state index in [-0.39, 0.29) is 0 Å². The molecule has 0 aliphatic heterocycles. The third-order valence-electron chi connectivity index (χ3n) is 3.24. The number of rotatable bonds is 10. The van der Waals surface area contributed by atoms with E-state index in [1.54, 1.807) is 0 Å². The number of ether oxygens (including phenoxy) is 2. The van der Waals surface area contributed by atoms with Gasteiger partial charge in [-0.15, -0.1) is 0 Å². The number of aryl methyl sites for hydroxylation is 2. The van der Waals surface area contributed by atoms with Crippen LogP contribution in [-0.2, 0) is 12.8 Å². The van der Waals surface area contributed by atoms with Crippen LogP contribution in [-0.4, -0.2) is 18.5 Å². The average molecular weight is 499 g/mol. The first-order valence-corrected chi connectivity index (χ1v) is 10.3. The molecule has 0 saturated carbocycles. The van der Waals surface area contributed by atoms with Gasteiger partial charge in [0.25, 0.3) is 0 Å². The zero-order valence-corrected chi connectivity index (χ0v) is 17.9. The van der Waals surface area contributed by atoms with Gasteiger partial charge in [-0.1, -0.05) is 29.8 Å². The van der Waals surface area contributed by atoms with Crippen molar-refractivity contribution in [3.8, 4) is 11.5 Å². The second-order valence-corrected chi connectivity index (χ2v) is 8.39. The van der Waals surface area contributed by atoms with Crippen molar-refractivity contribution >= 4 is 47.8 Å². The minimum atomic E-state index is 0.531. The lowest BCUT2D eigenvalue weighted by atomic mass is 10.0. The van der Waals surface area contributed by atoms with E-state index in [1.165, 1.54) is 11.1 Å². The van der Waals surface area contributed by atoms with Gasteiger partial charge in [0.2, 0.25) is 0 Å². The molecule has 0 unspecified atom stereocenters. The lowest BCUT2D eigenvalue weighted by Gasteiger charge is -2.17. The molecule has 1 rings (SSSR count). The molecule has 0 N–H and O–H groups in total. The van der Waals surface area contributed by atoms with Gasteiger partial charge in [0, 0.05) is 5.33 Å². The van der Waals surface area contributed by atoms with Crippen LogP contribution in [0.5, 0.6) is 11.5 Å². The molecule has 22 heavy (non-hydrogen) atoms. The molecular weight excluding hydrogens is 476 g/mol. The SMILES string of the molecule is CCc1cc(OCC=C(Br)Br)cc(CC)c1OCCCCBr. The summed E-state index contributed by atoms with van der Waals surface area (Å²) in [6.07, 6.45) is 6.02. The van der Waals surface area contributed by atoms with Crippen molar-refractivity contribution in [3.05, 3.63) is 32.7 Å². The fourth-order valence-electron chi connectivity index (χ4n) is 2.09. The maximum Gasteiger partial charge on any atom is 0.125 e. The van der Waals surface area contributed by atoms with Crippen LogP contribution in [0, 0.1) is 0 Å². The fraction of sp³-hybridized carbons (Fsp3) is 0.529. The second kappa shape index (κ2) is 11.5. The summed E-state index contributed by atoms with van der Waals surface area (Å²) < 4.78 is 12.7. The molecule has 0 fully saturated rings. The van der Waals surface area contributed by atoms with Gasteiger partial charge in [0.15, 0.2) is 0 Å². The van der Waals surface area contributed by atoms with Crippen molar-refractivity contribution in [1.29, 1.82) is 0 Å². The van der Waals surface area contributed by atoms with E-state index in [0.29, 0.717) is 6.61 Å². The standard InChI is InChI=1S/C17H23Br3O2/c1-3-13-11-15(21-10-7-16(19)20)12-14(4-2)17(13)22-9-6-5-8-18/h7,11-12H,3-6,8-10H2,1-2H3. The van der Waals surface area contributed by atoms with E-state index >= 15 is 0 Å².